The number of carbonyl (C=O) groups is 1. The molecule has 0 heterocycles. The van der Waals surface area contributed by atoms with Crippen molar-refractivity contribution in [2.24, 2.45) is 11.3 Å². The number of rotatable bonds is 0. The summed E-state index contributed by atoms with van der Waals surface area (Å²) in [6, 6.07) is 11.8. The molecule has 1 fully saturated rings. The third-order valence-corrected chi connectivity index (χ3v) is 8.68. The number of carbonyl (C=O) groups excluding carboxylic acids is 1. The summed E-state index contributed by atoms with van der Waals surface area (Å²) in [5.41, 5.74) is 8.15. The zero-order valence-electron chi connectivity index (χ0n) is 15.2. The van der Waals surface area contributed by atoms with Gasteiger partial charge in [-0.3, -0.25) is 4.79 Å². The predicted octanol–water partition coefficient (Wildman–Crippen LogP) is 5.82. The largest absolute Gasteiger partial charge is 0.299 e. The van der Waals surface area contributed by atoms with Gasteiger partial charge in [0.05, 0.1) is 5.92 Å². The van der Waals surface area contributed by atoms with E-state index in [1.165, 1.54) is 60.4 Å². The number of hydrogen-bond acceptors (Lipinski definition) is 1. The molecule has 2 aromatic carbocycles. The molecule has 1 spiro atoms. The van der Waals surface area contributed by atoms with E-state index in [0.29, 0.717) is 11.7 Å². The minimum Gasteiger partial charge on any atom is -0.299 e. The van der Waals surface area contributed by atoms with E-state index in [0.717, 1.165) is 18.8 Å². The van der Waals surface area contributed by atoms with Crippen molar-refractivity contribution in [1.29, 1.82) is 0 Å². The van der Waals surface area contributed by atoms with E-state index in [2.05, 4.69) is 30.3 Å². The molecule has 0 saturated heterocycles. The Morgan fingerprint density at radius 3 is 2.88 bits per heavy atom. The summed E-state index contributed by atoms with van der Waals surface area (Å²) >= 11 is 0. The lowest BCUT2D eigenvalue weighted by atomic mass is 9.60. The molecule has 2 aromatic rings. The molecule has 0 aromatic heterocycles. The second-order valence-corrected chi connectivity index (χ2v) is 9.56. The third-order valence-electron chi connectivity index (χ3n) is 8.68. The van der Waals surface area contributed by atoms with Gasteiger partial charge >= 0.3 is 0 Å². The molecule has 10 rings (SSSR count). The van der Waals surface area contributed by atoms with Crippen LogP contribution in [0.5, 0.6) is 0 Å². The van der Waals surface area contributed by atoms with Gasteiger partial charge in [-0.1, -0.05) is 41.5 Å². The SMILES string of the molecule is O=C1CCc2cc3c4cccc3cc2C1C12CCC(C1)C1=C2CCC4C1. The van der Waals surface area contributed by atoms with Crippen molar-refractivity contribution in [2.75, 3.05) is 0 Å². The smallest absolute Gasteiger partial charge is 0.141 e. The average Bonchev–Trinajstić information content (AvgIpc) is 3.22. The van der Waals surface area contributed by atoms with Crippen molar-refractivity contribution in [3.8, 4) is 0 Å². The number of Topliss-reactive ketones (excluding diaryl/α,β-unsaturated/α-hetero) is 1. The highest BCUT2D eigenvalue weighted by molar-refractivity contribution is 5.94. The second kappa shape index (κ2) is 4.50. The Kier molecular flexibility index (Phi) is 2.46. The standard InChI is InChI=1S/C25H24O/c26-23-7-5-16-10-19-14-2-1-3-18(19)15-4-6-22-20(11-15)17-8-9-25(22,13-17)24(23)21(16)12-14/h1-3,10,12,15,17,24H,4-9,11,13H2. The van der Waals surface area contributed by atoms with Gasteiger partial charge in [-0.05, 0) is 84.2 Å². The zero-order chi connectivity index (χ0) is 17.0. The maximum absolute atomic E-state index is 13.3. The van der Waals surface area contributed by atoms with Crippen LogP contribution in [0.15, 0.2) is 41.5 Å². The first-order valence-electron chi connectivity index (χ1n) is 10.6. The van der Waals surface area contributed by atoms with Crippen LogP contribution in [0, 0.1) is 11.3 Å². The van der Waals surface area contributed by atoms with Crippen LogP contribution in [0.25, 0.3) is 10.8 Å². The number of fused-ring (bicyclic) bond motifs is 1. The average molecular weight is 340 g/mol. The van der Waals surface area contributed by atoms with Crippen molar-refractivity contribution in [1.82, 2.24) is 0 Å². The van der Waals surface area contributed by atoms with Crippen LogP contribution < -0.4 is 0 Å². The molecule has 130 valence electrons. The second-order valence-electron chi connectivity index (χ2n) is 9.56. The molecule has 1 saturated carbocycles. The molecular formula is C25H24O. The van der Waals surface area contributed by atoms with Crippen molar-refractivity contribution >= 4 is 16.6 Å². The molecule has 8 aliphatic carbocycles. The number of benzene rings is 2. The van der Waals surface area contributed by atoms with Crippen molar-refractivity contribution < 1.29 is 4.79 Å². The first-order valence-corrected chi connectivity index (χ1v) is 10.6. The van der Waals surface area contributed by atoms with Crippen LogP contribution in [0.1, 0.15) is 73.5 Å². The minimum absolute atomic E-state index is 0.145. The normalized spacial score (nSPS) is 36.5. The monoisotopic (exact) mass is 340 g/mol. The summed E-state index contributed by atoms with van der Waals surface area (Å²) in [6.45, 7) is 0. The summed E-state index contributed by atoms with van der Waals surface area (Å²) in [7, 11) is 0. The van der Waals surface area contributed by atoms with Crippen LogP contribution in [0.4, 0.5) is 0 Å². The van der Waals surface area contributed by atoms with E-state index < -0.39 is 0 Å². The van der Waals surface area contributed by atoms with Crippen molar-refractivity contribution in [3.63, 3.8) is 0 Å². The molecular weight excluding hydrogens is 316 g/mol. The van der Waals surface area contributed by atoms with Gasteiger partial charge in [0.25, 0.3) is 0 Å². The Morgan fingerprint density at radius 2 is 1.92 bits per heavy atom. The Bertz CT molecular complexity index is 1040. The van der Waals surface area contributed by atoms with Crippen LogP contribution >= 0.6 is 0 Å². The first kappa shape index (κ1) is 14.2. The van der Waals surface area contributed by atoms with Gasteiger partial charge in [-0.25, -0.2) is 0 Å². The van der Waals surface area contributed by atoms with Gasteiger partial charge in [-0.2, -0.15) is 0 Å². The van der Waals surface area contributed by atoms with Crippen LogP contribution in [-0.2, 0) is 11.2 Å². The van der Waals surface area contributed by atoms with Crippen LogP contribution in [0.3, 0.4) is 0 Å². The summed E-state index contributed by atoms with van der Waals surface area (Å²) in [5, 5.41) is 2.83. The highest BCUT2D eigenvalue weighted by Gasteiger charge is 2.58. The van der Waals surface area contributed by atoms with Gasteiger partial charge in [0, 0.05) is 11.8 Å². The molecule has 0 aliphatic heterocycles. The first-order chi connectivity index (χ1) is 12.7. The quantitative estimate of drug-likeness (QED) is 0.553. The number of hydrogen-bond donors (Lipinski definition) is 0. The fourth-order valence-corrected chi connectivity index (χ4v) is 7.74. The van der Waals surface area contributed by atoms with Gasteiger partial charge in [0.1, 0.15) is 5.78 Å². The maximum atomic E-state index is 13.3. The van der Waals surface area contributed by atoms with Gasteiger partial charge in [-0.15, -0.1) is 0 Å². The Balaban J connectivity index is 1.64. The van der Waals surface area contributed by atoms with Gasteiger partial charge < -0.3 is 0 Å². The van der Waals surface area contributed by atoms with E-state index >= 15 is 0 Å². The lowest BCUT2D eigenvalue weighted by Gasteiger charge is -2.42. The number of ketones is 1. The van der Waals surface area contributed by atoms with E-state index in [-0.39, 0.29) is 11.3 Å². The lowest BCUT2D eigenvalue weighted by molar-refractivity contribution is -0.123. The summed E-state index contributed by atoms with van der Waals surface area (Å²) in [5.74, 6) is 2.14. The van der Waals surface area contributed by atoms with Gasteiger partial charge in [0.15, 0.2) is 0 Å². The van der Waals surface area contributed by atoms with E-state index in [9.17, 15) is 4.79 Å². The van der Waals surface area contributed by atoms with Crippen molar-refractivity contribution in [3.05, 3.63) is 58.2 Å². The summed E-state index contributed by atoms with van der Waals surface area (Å²) in [4.78, 5) is 13.3. The third kappa shape index (κ3) is 1.50. The van der Waals surface area contributed by atoms with Crippen molar-refractivity contribution in [2.45, 2.75) is 63.2 Å². The van der Waals surface area contributed by atoms with E-state index in [1.807, 2.05) is 0 Å². The molecule has 26 heavy (non-hydrogen) atoms. The van der Waals surface area contributed by atoms with E-state index in [4.69, 9.17) is 0 Å². The summed E-state index contributed by atoms with van der Waals surface area (Å²) < 4.78 is 0. The number of aryl methyl sites for hydroxylation is 1. The van der Waals surface area contributed by atoms with E-state index in [1.54, 1.807) is 16.7 Å². The molecule has 4 unspecified atom stereocenters. The number of allylic oxidation sites excluding steroid dienone is 2. The molecule has 1 nitrogen and oxygen atoms in total. The predicted molar refractivity (Wildman–Crippen MR) is 103 cm³/mol. The van der Waals surface area contributed by atoms with Crippen LogP contribution in [-0.4, -0.2) is 5.78 Å². The topological polar surface area (TPSA) is 17.1 Å². The molecule has 1 heteroatoms. The summed E-state index contributed by atoms with van der Waals surface area (Å²) in [6.07, 6.45) is 9.34. The highest BCUT2D eigenvalue weighted by Crippen LogP contribution is 2.68. The Hall–Kier alpha value is -1.89. The zero-order valence-corrected chi connectivity index (χ0v) is 15.2. The Morgan fingerprint density at radius 1 is 0.962 bits per heavy atom. The van der Waals surface area contributed by atoms with Gasteiger partial charge in [0.2, 0.25) is 0 Å². The molecule has 11 bridgehead atoms. The molecule has 0 radical (unpaired) electrons. The molecule has 0 N–H and O–H groups in total. The highest BCUT2D eigenvalue weighted by atomic mass is 16.1. The molecule has 0 amide bonds. The molecule has 8 aliphatic rings. The lowest BCUT2D eigenvalue weighted by Crippen LogP contribution is -2.36. The maximum Gasteiger partial charge on any atom is 0.141 e. The molecule has 4 atom stereocenters. The fourth-order valence-electron chi connectivity index (χ4n) is 7.74. The van der Waals surface area contributed by atoms with Crippen LogP contribution in [0.2, 0.25) is 0 Å². The fraction of sp³-hybridized carbons (Fsp3) is 0.480. The minimum atomic E-state index is 0.145. The Labute approximate surface area is 154 Å².